The molecule has 0 unspecified atom stereocenters. The maximum atomic E-state index is 12.6. The van der Waals surface area contributed by atoms with Gasteiger partial charge in [0, 0.05) is 12.1 Å². The predicted molar refractivity (Wildman–Crippen MR) is 129 cm³/mol. The minimum Gasteiger partial charge on any atom is -0.490 e. The van der Waals surface area contributed by atoms with E-state index in [1.54, 1.807) is 18.2 Å². The summed E-state index contributed by atoms with van der Waals surface area (Å²) in [6.45, 7) is 2.58. The highest BCUT2D eigenvalue weighted by molar-refractivity contribution is 6.34. The number of amides is 1. The number of benzene rings is 3. The third-order valence-corrected chi connectivity index (χ3v) is 4.92. The number of rotatable bonds is 9. The van der Waals surface area contributed by atoms with Gasteiger partial charge in [-0.15, -0.1) is 0 Å². The summed E-state index contributed by atoms with van der Waals surface area (Å²) in [7, 11) is 0. The molecule has 8 nitrogen and oxygen atoms in total. The van der Waals surface area contributed by atoms with Gasteiger partial charge in [-0.05, 0) is 42.3 Å². The van der Waals surface area contributed by atoms with Crippen LogP contribution in [0, 0.1) is 21.4 Å². The second kappa shape index (κ2) is 11.5. The molecule has 3 aromatic carbocycles. The van der Waals surface area contributed by atoms with Gasteiger partial charge in [-0.2, -0.15) is 5.26 Å². The summed E-state index contributed by atoms with van der Waals surface area (Å²) in [4.78, 5) is 23.0. The van der Waals surface area contributed by atoms with Crippen molar-refractivity contribution in [1.82, 2.24) is 0 Å². The van der Waals surface area contributed by atoms with Gasteiger partial charge in [0.05, 0.1) is 22.2 Å². The maximum Gasteiger partial charge on any atom is 0.271 e. The molecule has 0 spiro atoms. The number of hydrogen-bond acceptors (Lipinski definition) is 6. The summed E-state index contributed by atoms with van der Waals surface area (Å²) in [6, 6.07) is 20.2. The van der Waals surface area contributed by atoms with E-state index in [-0.39, 0.29) is 22.0 Å². The fraction of sp³-hybridized carbons (Fsp3) is 0.120. The molecular weight excluding hydrogens is 458 g/mol. The zero-order valence-electron chi connectivity index (χ0n) is 18.2. The second-order valence-corrected chi connectivity index (χ2v) is 7.37. The zero-order valence-corrected chi connectivity index (χ0v) is 18.9. The van der Waals surface area contributed by atoms with E-state index in [0.717, 1.165) is 11.6 Å². The van der Waals surface area contributed by atoms with Crippen molar-refractivity contribution in [2.75, 3.05) is 11.9 Å². The fourth-order valence-electron chi connectivity index (χ4n) is 2.96. The lowest BCUT2D eigenvalue weighted by Gasteiger charge is -2.13. The summed E-state index contributed by atoms with van der Waals surface area (Å²) in [6.07, 6.45) is 1.38. The molecular formula is C25H20ClN3O5. The van der Waals surface area contributed by atoms with Crippen LogP contribution in [-0.2, 0) is 11.4 Å². The monoisotopic (exact) mass is 477 g/mol. The molecule has 0 bridgehead atoms. The number of carbonyl (C=O) groups excluding carboxylic acids is 1. The van der Waals surface area contributed by atoms with Crippen LogP contribution < -0.4 is 14.8 Å². The van der Waals surface area contributed by atoms with Gasteiger partial charge < -0.3 is 14.8 Å². The fourth-order valence-corrected chi connectivity index (χ4v) is 3.13. The highest BCUT2D eigenvalue weighted by atomic mass is 35.5. The number of nitriles is 1. The van der Waals surface area contributed by atoms with Crippen LogP contribution in [0.2, 0.25) is 5.02 Å². The molecule has 0 aliphatic carbocycles. The van der Waals surface area contributed by atoms with Crippen LogP contribution in [0.1, 0.15) is 18.1 Å². The Morgan fingerprint density at radius 1 is 1.12 bits per heavy atom. The number of nitrogens with zero attached hydrogens (tertiary/aromatic N) is 2. The normalized spacial score (nSPS) is 10.8. The molecule has 0 aliphatic rings. The average Bonchev–Trinajstić information content (AvgIpc) is 2.84. The first-order valence-electron chi connectivity index (χ1n) is 10.2. The molecule has 0 aromatic heterocycles. The van der Waals surface area contributed by atoms with E-state index in [4.69, 9.17) is 21.1 Å². The molecule has 0 aliphatic heterocycles. The summed E-state index contributed by atoms with van der Waals surface area (Å²) in [5.74, 6) is 0.230. The molecule has 0 saturated carbocycles. The number of hydrogen-bond donors (Lipinski definition) is 1. The molecule has 3 rings (SSSR count). The molecule has 9 heteroatoms. The van der Waals surface area contributed by atoms with Gasteiger partial charge in [0.2, 0.25) is 0 Å². The van der Waals surface area contributed by atoms with Gasteiger partial charge in [0.25, 0.3) is 11.6 Å². The molecule has 0 radical (unpaired) electrons. The Balaban J connectivity index is 1.81. The summed E-state index contributed by atoms with van der Waals surface area (Å²) in [5, 5.41) is 23.0. The number of ether oxygens (including phenoxy) is 2. The lowest BCUT2D eigenvalue weighted by molar-refractivity contribution is -0.384. The average molecular weight is 478 g/mol. The molecule has 3 aromatic rings. The summed E-state index contributed by atoms with van der Waals surface area (Å²) in [5.41, 5.74) is 1.10. The van der Waals surface area contributed by atoms with Gasteiger partial charge >= 0.3 is 0 Å². The number of anilines is 1. The highest BCUT2D eigenvalue weighted by Crippen LogP contribution is 2.31. The van der Waals surface area contributed by atoms with Crippen molar-refractivity contribution in [1.29, 1.82) is 5.26 Å². The summed E-state index contributed by atoms with van der Waals surface area (Å²) >= 11 is 6.03. The molecule has 0 heterocycles. The van der Waals surface area contributed by atoms with E-state index < -0.39 is 10.8 Å². The molecule has 34 heavy (non-hydrogen) atoms. The molecule has 1 amide bonds. The van der Waals surface area contributed by atoms with Gasteiger partial charge in [-0.1, -0.05) is 48.0 Å². The van der Waals surface area contributed by atoms with E-state index in [0.29, 0.717) is 30.3 Å². The standard InChI is InChI=1S/C25H20ClN3O5/c1-2-33-24-13-18(8-11-23(24)34-16-17-6-4-3-5-7-17)12-19(15-27)25(30)28-22-14-20(29(31)32)9-10-21(22)26/h3-14H,2,16H2,1H3,(H,28,30)/b19-12+. The summed E-state index contributed by atoms with van der Waals surface area (Å²) < 4.78 is 11.5. The van der Waals surface area contributed by atoms with E-state index in [1.807, 2.05) is 43.3 Å². The first-order chi connectivity index (χ1) is 16.4. The van der Waals surface area contributed by atoms with Crippen LogP contribution >= 0.6 is 11.6 Å². The van der Waals surface area contributed by atoms with Crippen molar-refractivity contribution in [2.45, 2.75) is 13.5 Å². The van der Waals surface area contributed by atoms with E-state index in [1.165, 1.54) is 18.2 Å². The molecule has 0 fully saturated rings. The van der Waals surface area contributed by atoms with Crippen molar-refractivity contribution >= 4 is 35.0 Å². The number of non-ortho nitro benzene ring substituents is 1. The first kappa shape index (κ1) is 24.3. The Kier molecular flexibility index (Phi) is 8.21. The van der Waals surface area contributed by atoms with E-state index in [9.17, 15) is 20.2 Å². The topological polar surface area (TPSA) is 114 Å². The van der Waals surface area contributed by atoms with Crippen LogP contribution in [-0.4, -0.2) is 17.4 Å². The zero-order chi connectivity index (χ0) is 24.5. The third-order valence-electron chi connectivity index (χ3n) is 4.59. The van der Waals surface area contributed by atoms with Crippen LogP contribution in [0.5, 0.6) is 11.5 Å². The lowest BCUT2D eigenvalue weighted by atomic mass is 10.1. The first-order valence-corrected chi connectivity index (χ1v) is 10.6. The Labute approximate surface area is 201 Å². The molecule has 172 valence electrons. The quantitative estimate of drug-likeness (QED) is 0.181. The van der Waals surface area contributed by atoms with Crippen molar-refractivity contribution < 1.29 is 19.2 Å². The van der Waals surface area contributed by atoms with Gasteiger partial charge in [-0.25, -0.2) is 0 Å². The Bertz CT molecular complexity index is 1270. The Morgan fingerprint density at radius 2 is 1.88 bits per heavy atom. The van der Waals surface area contributed by atoms with Crippen LogP contribution in [0.3, 0.4) is 0 Å². The van der Waals surface area contributed by atoms with Crippen molar-refractivity contribution in [3.63, 3.8) is 0 Å². The van der Waals surface area contributed by atoms with Crippen molar-refractivity contribution in [2.24, 2.45) is 0 Å². The van der Waals surface area contributed by atoms with Gasteiger partial charge in [0.1, 0.15) is 18.2 Å². The SMILES string of the molecule is CCOc1cc(/C=C(\C#N)C(=O)Nc2cc([N+](=O)[O-])ccc2Cl)ccc1OCc1ccccc1. The molecule has 0 saturated heterocycles. The Hall–Kier alpha value is -4.35. The van der Waals surface area contributed by atoms with Gasteiger partial charge in [-0.3, -0.25) is 14.9 Å². The largest absolute Gasteiger partial charge is 0.490 e. The highest BCUT2D eigenvalue weighted by Gasteiger charge is 2.16. The van der Waals surface area contributed by atoms with E-state index >= 15 is 0 Å². The minimum absolute atomic E-state index is 0.0293. The number of nitrogens with one attached hydrogen (secondary N) is 1. The molecule has 0 atom stereocenters. The lowest BCUT2D eigenvalue weighted by Crippen LogP contribution is -2.14. The number of halogens is 1. The van der Waals surface area contributed by atoms with Crippen LogP contribution in [0.4, 0.5) is 11.4 Å². The third kappa shape index (κ3) is 6.34. The number of carbonyl (C=O) groups is 1. The molecule has 1 N–H and O–H groups in total. The van der Waals surface area contributed by atoms with Crippen molar-refractivity contribution in [3.8, 4) is 17.6 Å². The number of nitro benzene ring substituents is 1. The smallest absolute Gasteiger partial charge is 0.271 e. The number of nitro groups is 1. The van der Waals surface area contributed by atoms with Crippen LogP contribution in [0.15, 0.2) is 72.3 Å². The van der Waals surface area contributed by atoms with Crippen LogP contribution in [0.25, 0.3) is 6.08 Å². The minimum atomic E-state index is -0.757. The van der Waals surface area contributed by atoms with Gasteiger partial charge in [0.15, 0.2) is 11.5 Å². The van der Waals surface area contributed by atoms with Crippen molar-refractivity contribution in [3.05, 3.63) is 98.6 Å². The predicted octanol–water partition coefficient (Wildman–Crippen LogP) is 5.77. The Morgan fingerprint density at radius 3 is 2.56 bits per heavy atom. The second-order valence-electron chi connectivity index (χ2n) is 6.96. The maximum absolute atomic E-state index is 12.6. The van der Waals surface area contributed by atoms with E-state index in [2.05, 4.69) is 5.32 Å².